The summed E-state index contributed by atoms with van der Waals surface area (Å²) in [5, 5.41) is 0. The van der Waals surface area contributed by atoms with Gasteiger partial charge in [0, 0.05) is 38.4 Å². The fourth-order valence-corrected chi connectivity index (χ4v) is 3.61. The smallest absolute Gasteiger partial charge is 0.239 e. The van der Waals surface area contributed by atoms with Crippen molar-refractivity contribution >= 4 is 29.4 Å². The summed E-state index contributed by atoms with van der Waals surface area (Å²) in [6, 6.07) is 9.60. The normalized spacial score (nSPS) is 23.1. The quantitative estimate of drug-likeness (QED) is 0.625. The third kappa shape index (κ3) is 2.98. The highest BCUT2D eigenvalue weighted by molar-refractivity contribution is 7.96. The third-order valence-corrected chi connectivity index (χ3v) is 5.26. The average Bonchev–Trinajstić information content (AvgIpc) is 2.96. The summed E-state index contributed by atoms with van der Waals surface area (Å²) in [4.78, 5) is 28.8. The van der Waals surface area contributed by atoms with Gasteiger partial charge >= 0.3 is 0 Å². The monoisotopic (exact) mass is 319 g/mol. The largest absolute Gasteiger partial charge is 0.339 e. The van der Waals surface area contributed by atoms with Crippen molar-refractivity contribution in [3.63, 3.8) is 0 Å². The first-order valence-corrected chi connectivity index (χ1v) is 8.83. The van der Waals surface area contributed by atoms with Crippen molar-refractivity contribution in [1.82, 2.24) is 9.21 Å². The van der Waals surface area contributed by atoms with Crippen LogP contribution in [-0.2, 0) is 9.59 Å². The zero-order valence-electron chi connectivity index (χ0n) is 12.8. The van der Waals surface area contributed by atoms with Crippen LogP contribution in [0.25, 0.3) is 0 Å². The number of piperazine rings is 1. The number of carbonyl (C=O) groups excluding carboxylic acids is 2. The van der Waals surface area contributed by atoms with Gasteiger partial charge in [0.15, 0.2) is 0 Å². The molecular weight excluding hydrogens is 298 g/mol. The van der Waals surface area contributed by atoms with E-state index >= 15 is 0 Å². The Morgan fingerprint density at radius 1 is 1.09 bits per heavy atom. The zero-order chi connectivity index (χ0) is 15.5. The van der Waals surface area contributed by atoms with E-state index in [0.717, 1.165) is 31.9 Å². The lowest BCUT2D eigenvalue weighted by atomic mass is 10.1. The Labute approximate surface area is 135 Å². The molecule has 0 radical (unpaired) electrons. The minimum Gasteiger partial charge on any atom is -0.339 e. The van der Waals surface area contributed by atoms with Crippen molar-refractivity contribution in [3.05, 3.63) is 30.3 Å². The SMILES string of the molecule is CSN1CCN(C(=O)C2CCN(c3ccccc3)C2=O)CC1. The Kier molecular flexibility index (Phi) is 4.69. The van der Waals surface area contributed by atoms with Gasteiger partial charge in [0.05, 0.1) is 0 Å². The molecule has 2 heterocycles. The van der Waals surface area contributed by atoms with Crippen molar-refractivity contribution in [2.45, 2.75) is 6.42 Å². The number of rotatable bonds is 3. The van der Waals surface area contributed by atoms with Gasteiger partial charge in [-0.2, -0.15) is 0 Å². The molecule has 2 fully saturated rings. The minimum absolute atomic E-state index is 0.00387. The fourth-order valence-electron chi connectivity index (χ4n) is 3.08. The van der Waals surface area contributed by atoms with Crippen LogP contribution in [0, 0.1) is 5.92 Å². The number of benzene rings is 1. The van der Waals surface area contributed by atoms with Gasteiger partial charge in [0.25, 0.3) is 0 Å². The van der Waals surface area contributed by atoms with Gasteiger partial charge in [-0.1, -0.05) is 30.1 Å². The van der Waals surface area contributed by atoms with Gasteiger partial charge in [-0.15, -0.1) is 0 Å². The molecule has 22 heavy (non-hydrogen) atoms. The van der Waals surface area contributed by atoms with E-state index in [9.17, 15) is 9.59 Å². The molecule has 118 valence electrons. The van der Waals surface area contributed by atoms with Gasteiger partial charge < -0.3 is 9.80 Å². The van der Waals surface area contributed by atoms with Crippen LogP contribution in [0.1, 0.15) is 6.42 Å². The number of para-hydroxylation sites is 1. The predicted octanol–water partition coefficient (Wildman–Crippen LogP) is 1.46. The van der Waals surface area contributed by atoms with Crippen molar-refractivity contribution in [2.24, 2.45) is 5.92 Å². The summed E-state index contributed by atoms with van der Waals surface area (Å²) < 4.78 is 2.25. The Bertz CT molecular complexity index is 544. The molecule has 0 saturated carbocycles. The van der Waals surface area contributed by atoms with Crippen LogP contribution in [0.5, 0.6) is 0 Å². The van der Waals surface area contributed by atoms with Gasteiger partial charge in [-0.25, -0.2) is 4.31 Å². The molecule has 1 unspecified atom stereocenters. The lowest BCUT2D eigenvalue weighted by molar-refractivity contribution is -0.140. The molecule has 0 aromatic heterocycles. The second-order valence-corrected chi connectivity index (χ2v) is 6.49. The van der Waals surface area contributed by atoms with Gasteiger partial charge in [0.2, 0.25) is 11.8 Å². The van der Waals surface area contributed by atoms with E-state index in [4.69, 9.17) is 0 Å². The number of hydrogen-bond donors (Lipinski definition) is 0. The number of carbonyl (C=O) groups is 2. The van der Waals surface area contributed by atoms with Crippen molar-refractivity contribution in [1.29, 1.82) is 0 Å². The third-order valence-electron chi connectivity index (χ3n) is 4.38. The van der Waals surface area contributed by atoms with Gasteiger partial charge in [-0.3, -0.25) is 9.59 Å². The Hall–Kier alpha value is -1.53. The van der Waals surface area contributed by atoms with Crippen LogP contribution in [0.3, 0.4) is 0 Å². The lowest BCUT2D eigenvalue weighted by Gasteiger charge is -2.34. The summed E-state index contributed by atoms with van der Waals surface area (Å²) >= 11 is 1.71. The standard InChI is InChI=1S/C16H21N3O2S/c1-22-18-11-9-17(10-12-18)15(20)14-7-8-19(16(14)21)13-5-3-2-4-6-13/h2-6,14H,7-12H2,1H3. The maximum Gasteiger partial charge on any atom is 0.239 e. The fraction of sp³-hybridized carbons (Fsp3) is 0.500. The Morgan fingerprint density at radius 3 is 2.41 bits per heavy atom. The molecule has 3 rings (SSSR count). The molecule has 0 spiro atoms. The van der Waals surface area contributed by atoms with E-state index in [1.54, 1.807) is 16.8 Å². The second kappa shape index (κ2) is 6.71. The van der Waals surface area contributed by atoms with Crippen LogP contribution in [0.4, 0.5) is 5.69 Å². The molecule has 1 atom stereocenters. The number of anilines is 1. The number of hydrogen-bond acceptors (Lipinski definition) is 4. The first kappa shape index (κ1) is 15.4. The highest BCUT2D eigenvalue weighted by Crippen LogP contribution is 2.26. The number of nitrogens with zero attached hydrogens (tertiary/aromatic N) is 3. The van der Waals surface area contributed by atoms with Crippen molar-refractivity contribution in [2.75, 3.05) is 43.9 Å². The Balaban J connectivity index is 1.64. The molecular formula is C16H21N3O2S. The first-order chi connectivity index (χ1) is 10.7. The van der Waals surface area contributed by atoms with Crippen LogP contribution >= 0.6 is 11.9 Å². The summed E-state index contributed by atoms with van der Waals surface area (Å²) in [6.07, 6.45) is 2.67. The predicted molar refractivity (Wildman–Crippen MR) is 88.6 cm³/mol. The van der Waals surface area contributed by atoms with Crippen LogP contribution in [0.2, 0.25) is 0 Å². The molecule has 2 amide bonds. The van der Waals surface area contributed by atoms with E-state index in [1.807, 2.05) is 35.2 Å². The topological polar surface area (TPSA) is 43.9 Å². The molecule has 0 aliphatic carbocycles. The van der Waals surface area contributed by atoms with Crippen molar-refractivity contribution in [3.8, 4) is 0 Å². The average molecular weight is 319 g/mol. The molecule has 1 aromatic carbocycles. The van der Waals surface area contributed by atoms with Gasteiger partial charge in [0.1, 0.15) is 5.92 Å². The van der Waals surface area contributed by atoms with E-state index in [2.05, 4.69) is 10.6 Å². The summed E-state index contributed by atoms with van der Waals surface area (Å²) in [7, 11) is 0. The van der Waals surface area contributed by atoms with E-state index in [1.165, 1.54) is 0 Å². The maximum absolute atomic E-state index is 12.6. The van der Waals surface area contributed by atoms with Crippen LogP contribution in [0.15, 0.2) is 30.3 Å². The Morgan fingerprint density at radius 2 is 1.77 bits per heavy atom. The molecule has 6 heteroatoms. The molecule has 0 N–H and O–H groups in total. The number of amides is 2. The van der Waals surface area contributed by atoms with Crippen LogP contribution < -0.4 is 4.90 Å². The van der Waals surface area contributed by atoms with Gasteiger partial charge in [-0.05, 0) is 24.8 Å². The summed E-state index contributed by atoms with van der Waals surface area (Å²) in [6.45, 7) is 3.81. The zero-order valence-corrected chi connectivity index (χ0v) is 13.6. The van der Waals surface area contributed by atoms with Crippen molar-refractivity contribution < 1.29 is 9.59 Å². The lowest BCUT2D eigenvalue weighted by Crippen LogP contribution is -2.49. The maximum atomic E-state index is 12.6. The summed E-state index contributed by atoms with van der Waals surface area (Å²) in [5.41, 5.74) is 0.884. The molecule has 2 aliphatic rings. The molecule has 1 aromatic rings. The molecule has 2 aliphatic heterocycles. The molecule has 2 saturated heterocycles. The van der Waals surface area contributed by atoms with E-state index < -0.39 is 5.92 Å². The van der Waals surface area contributed by atoms with Crippen LogP contribution in [-0.4, -0.2) is 60.0 Å². The highest BCUT2D eigenvalue weighted by Gasteiger charge is 2.40. The molecule has 0 bridgehead atoms. The highest BCUT2D eigenvalue weighted by atomic mass is 32.2. The second-order valence-electron chi connectivity index (χ2n) is 5.60. The molecule has 5 nitrogen and oxygen atoms in total. The minimum atomic E-state index is -0.499. The van der Waals surface area contributed by atoms with E-state index in [0.29, 0.717) is 13.0 Å². The first-order valence-electron chi connectivity index (χ1n) is 7.65. The summed E-state index contributed by atoms with van der Waals surface area (Å²) in [5.74, 6) is -0.547. The van der Waals surface area contributed by atoms with E-state index in [-0.39, 0.29) is 11.8 Å².